The van der Waals surface area contributed by atoms with E-state index >= 15 is 0 Å². The zero-order chi connectivity index (χ0) is 23.3. The Morgan fingerprint density at radius 2 is 1.91 bits per heavy atom. The SMILES string of the molecule is C/C=C\N=CC(C)C(C)c1ccc(-c2cc3sc(C=O)cc3n2CCCC(C)C)c(C)c1. The molecule has 0 bridgehead atoms. The fourth-order valence-electron chi connectivity index (χ4n) is 4.20. The summed E-state index contributed by atoms with van der Waals surface area (Å²) in [5.41, 5.74) is 6.34. The van der Waals surface area contributed by atoms with Gasteiger partial charge in [-0.05, 0) is 67.7 Å². The zero-order valence-corrected chi connectivity index (χ0v) is 21.1. The Bertz CT molecular complexity index is 1120. The van der Waals surface area contributed by atoms with Crippen molar-refractivity contribution in [1.29, 1.82) is 0 Å². The van der Waals surface area contributed by atoms with Gasteiger partial charge in [-0.25, -0.2) is 0 Å². The summed E-state index contributed by atoms with van der Waals surface area (Å²) in [6.07, 6.45) is 9.13. The van der Waals surface area contributed by atoms with E-state index in [1.54, 1.807) is 11.3 Å². The Morgan fingerprint density at radius 1 is 1.12 bits per heavy atom. The third-order valence-corrected chi connectivity index (χ3v) is 7.28. The molecule has 2 heterocycles. The molecule has 2 atom stereocenters. The number of hydrogen-bond acceptors (Lipinski definition) is 3. The number of carbonyl (C=O) groups excluding carboxylic acids is 1. The van der Waals surface area contributed by atoms with Gasteiger partial charge in [0.25, 0.3) is 0 Å². The van der Waals surface area contributed by atoms with Gasteiger partial charge in [-0.1, -0.05) is 52.0 Å². The molecule has 0 aliphatic carbocycles. The lowest BCUT2D eigenvalue weighted by Gasteiger charge is -2.19. The molecular formula is C28H36N2OS. The highest BCUT2D eigenvalue weighted by atomic mass is 32.1. The van der Waals surface area contributed by atoms with Crippen LogP contribution in [0.2, 0.25) is 0 Å². The van der Waals surface area contributed by atoms with Gasteiger partial charge >= 0.3 is 0 Å². The van der Waals surface area contributed by atoms with Crippen LogP contribution < -0.4 is 0 Å². The minimum atomic E-state index is 0.364. The smallest absolute Gasteiger partial charge is 0.160 e. The van der Waals surface area contributed by atoms with E-state index in [0.717, 1.165) is 24.1 Å². The van der Waals surface area contributed by atoms with E-state index in [1.807, 2.05) is 31.5 Å². The number of benzene rings is 1. The van der Waals surface area contributed by atoms with Crippen LogP contribution in [-0.4, -0.2) is 17.1 Å². The lowest BCUT2D eigenvalue weighted by molar-refractivity contribution is 0.112. The first-order valence-electron chi connectivity index (χ1n) is 11.7. The maximum absolute atomic E-state index is 11.3. The second kappa shape index (κ2) is 10.9. The van der Waals surface area contributed by atoms with Crippen molar-refractivity contribution in [3.63, 3.8) is 0 Å². The Hall–Kier alpha value is -2.46. The maximum atomic E-state index is 11.3. The molecule has 0 saturated carbocycles. The molecule has 0 amide bonds. The van der Waals surface area contributed by atoms with Crippen LogP contribution in [0.1, 0.15) is 74.2 Å². The molecule has 3 nitrogen and oxygen atoms in total. The van der Waals surface area contributed by atoms with Crippen LogP contribution in [0.5, 0.6) is 0 Å². The van der Waals surface area contributed by atoms with Crippen LogP contribution in [0.3, 0.4) is 0 Å². The van der Waals surface area contributed by atoms with Crippen molar-refractivity contribution in [3.05, 3.63) is 58.6 Å². The highest BCUT2D eigenvalue weighted by molar-refractivity contribution is 7.20. The van der Waals surface area contributed by atoms with Gasteiger partial charge in [-0.2, -0.15) is 0 Å². The first kappa shape index (κ1) is 24.2. The van der Waals surface area contributed by atoms with Crippen LogP contribution in [0.4, 0.5) is 0 Å². The molecule has 32 heavy (non-hydrogen) atoms. The molecule has 0 aliphatic heterocycles. The number of fused-ring (bicyclic) bond motifs is 1. The molecule has 0 aliphatic rings. The highest BCUT2D eigenvalue weighted by Crippen LogP contribution is 2.36. The van der Waals surface area contributed by atoms with E-state index in [0.29, 0.717) is 17.8 Å². The fourth-order valence-corrected chi connectivity index (χ4v) is 5.12. The third kappa shape index (κ3) is 5.47. The summed E-state index contributed by atoms with van der Waals surface area (Å²) in [5, 5.41) is 0. The number of aromatic nitrogens is 1. The fraction of sp³-hybridized carbons (Fsp3) is 0.429. The number of thiophene rings is 1. The van der Waals surface area contributed by atoms with Crippen LogP contribution in [-0.2, 0) is 6.54 Å². The number of aldehydes is 1. The van der Waals surface area contributed by atoms with Gasteiger partial charge in [0.15, 0.2) is 6.29 Å². The number of hydrogen-bond donors (Lipinski definition) is 0. The quantitative estimate of drug-likeness (QED) is 0.227. The number of aryl methyl sites for hydroxylation is 2. The third-order valence-electron chi connectivity index (χ3n) is 6.29. The second-order valence-electron chi connectivity index (χ2n) is 9.24. The molecule has 3 rings (SSSR count). The van der Waals surface area contributed by atoms with Crippen molar-refractivity contribution in [2.24, 2.45) is 16.8 Å². The lowest BCUT2D eigenvalue weighted by atomic mass is 9.87. The van der Waals surface area contributed by atoms with E-state index in [2.05, 4.69) is 68.4 Å². The van der Waals surface area contributed by atoms with E-state index in [9.17, 15) is 4.79 Å². The van der Waals surface area contributed by atoms with Gasteiger partial charge in [0.2, 0.25) is 0 Å². The van der Waals surface area contributed by atoms with Crippen molar-refractivity contribution in [1.82, 2.24) is 4.57 Å². The number of allylic oxidation sites excluding steroid dienone is 1. The molecule has 0 N–H and O–H groups in total. The number of aliphatic imine (C=N–C) groups is 1. The Balaban J connectivity index is 1.95. The molecule has 2 aromatic heterocycles. The zero-order valence-electron chi connectivity index (χ0n) is 20.3. The molecule has 2 unspecified atom stereocenters. The summed E-state index contributed by atoms with van der Waals surface area (Å²) < 4.78 is 3.61. The number of rotatable bonds is 10. The topological polar surface area (TPSA) is 34.4 Å². The molecule has 1 aromatic carbocycles. The lowest BCUT2D eigenvalue weighted by Crippen LogP contribution is -2.08. The van der Waals surface area contributed by atoms with Crippen molar-refractivity contribution in [2.75, 3.05) is 0 Å². The van der Waals surface area contributed by atoms with Gasteiger partial charge in [0.05, 0.1) is 20.8 Å². The van der Waals surface area contributed by atoms with E-state index < -0.39 is 0 Å². The van der Waals surface area contributed by atoms with Crippen LogP contribution in [0.25, 0.3) is 21.5 Å². The first-order valence-corrected chi connectivity index (χ1v) is 12.5. The largest absolute Gasteiger partial charge is 0.340 e. The Labute approximate surface area is 196 Å². The predicted octanol–water partition coefficient (Wildman–Crippen LogP) is 8.27. The van der Waals surface area contributed by atoms with Gasteiger partial charge in [-0.15, -0.1) is 11.3 Å². The van der Waals surface area contributed by atoms with Gasteiger partial charge in [-0.3, -0.25) is 9.79 Å². The van der Waals surface area contributed by atoms with Crippen molar-refractivity contribution < 1.29 is 4.79 Å². The van der Waals surface area contributed by atoms with Crippen molar-refractivity contribution >= 4 is 34.1 Å². The van der Waals surface area contributed by atoms with Crippen LogP contribution in [0.15, 0.2) is 47.6 Å². The monoisotopic (exact) mass is 448 g/mol. The summed E-state index contributed by atoms with van der Waals surface area (Å²) in [4.78, 5) is 16.5. The van der Waals surface area contributed by atoms with E-state index in [1.165, 1.54) is 39.0 Å². The molecular weight excluding hydrogens is 412 g/mol. The van der Waals surface area contributed by atoms with Gasteiger partial charge in [0.1, 0.15) is 0 Å². The van der Waals surface area contributed by atoms with Crippen LogP contribution >= 0.6 is 11.3 Å². The summed E-state index contributed by atoms with van der Waals surface area (Å²) in [7, 11) is 0. The minimum absolute atomic E-state index is 0.364. The van der Waals surface area contributed by atoms with Crippen molar-refractivity contribution in [2.45, 2.75) is 66.8 Å². The van der Waals surface area contributed by atoms with E-state index in [4.69, 9.17) is 0 Å². The summed E-state index contributed by atoms with van der Waals surface area (Å²) in [6, 6.07) is 11.2. The van der Waals surface area contributed by atoms with E-state index in [-0.39, 0.29) is 0 Å². The van der Waals surface area contributed by atoms with Gasteiger partial charge < -0.3 is 4.57 Å². The highest BCUT2D eigenvalue weighted by Gasteiger charge is 2.18. The predicted molar refractivity (Wildman–Crippen MR) is 140 cm³/mol. The Kier molecular flexibility index (Phi) is 8.25. The Morgan fingerprint density at radius 3 is 2.56 bits per heavy atom. The van der Waals surface area contributed by atoms with Gasteiger partial charge in [0, 0.05) is 24.5 Å². The van der Waals surface area contributed by atoms with Crippen LogP contribution in [0, 0.1) is 18.8 Å². The maximum Gasteiger partial charge on any atom is 0.160 e. The number of nitrogens with zero attached hydrogens (tertiary/aromatic N) is 2. The molecule has 170 valence electrons. The molecule has 4 heteroatoms. The normalized spacial score (nSPS) is 14.2. The number of carbonyl (C=O) groups is 1. The average Bonchev–Trinajstić information content (AvgIpc) is 3.31. The minimum Gasteiger partial charge on any atom is -0.340 e. The first-order chi connectivity index (χ1) is 15.3. The average molecular weight is 449 g/mol. The molecule has 0 saturated heterocycles. The second-order valence-corrected chi connectivity index (χ2v) is 10.4. The molecule has 0 fully saturated rings. The summed E-state index contributed by atoms with van der Waals surface area (Å²) >= 11 is 1.58. The summed E-state index contributed by atoms with van der Waals surface area (Å²) in [6.45, 7) is 14.2. The summed E-state index contributed by atoms with van der Waals surface area (Å²) in [5.74, 6) is 1.45. The molecule has 0 radical (unpaired) electrons. The molecule has 0 spiro atoms. The molecule has 3 aromatic rings. The van der Waals surface area contributed by atoms with Crippen molar-refractivity contribution in [3.8, 4) is 11.3 Å². The standard InChI is InChI=1S/C28H36N2OS/c1-7-12-29-17-21(5)22(6)23-10-11-25(20(4)14-23)26-16-28-27(15-24(18-31)32-28)30(26)13-8-9-19(2)3/h7,10-12,14-19,21-22H,8-9,13H2,1-6H3/b12-7-,29-17?.